The van der Waals surface area contributed by atoms with E-state index < -0.39 is 0 Å². The molecule has 0 spiro atoms. The summed E-state index contributed by atoms with van der Waals surface area (Å²) >= 11 is 12.4. The van der Waals surface area contributed by atoms with Crippen LogP contribution >= 0.6 is 23.2 Å². The molecule has 29 heavy (non-hydrogen) atoms. The Morgan fingerprint density at radius 2 is 1.97 bits per heavy atom. The molecule has 150 valence electrons. The minimum atomic E-state index is -0.0734. The molecule has 1 amide bonds. The zero-order valence-corrected chi connectivity index (χ0v) is 17.7. The normalized spacial score (nSPS) is 14.4. The first-order valence-electron chi connectivity index (χ1n) is 9.89. The Hall–Kier alpha value is -2.30. The van der Waals surface area contributed by atoms with Gasteiger partial charge in [0.2, 0.25) is 0 Å². The highest BCUT2D eigenvalue weighted by Crippen LogP contribution is 2.30. The van der Waals surface area contributed by atoms with Crippen LogP contribution in [-0.4, -0.2) is 26.4 Å². The molecule has 1 heterocycles. The van der Waals surface area contributed by atoms with Crippen LogP contribution in [0.15, 0.2) is 55.1 Å². The Kier molecular flexibility index (Phi) is 5.93. The summed E-state index contributed by atoms with van der Waals surface area (Å²) in [7, 11) is 0. The summed E-state index contributed by atoms with van der Waals surface area (Å²) in [6.45, 7) is 4.96. The number of nitrogens with zero attached hydrogens (tertiary/aromatic N) is 3. The van der Waals surface area contributed by atoms with Crippen molar-refractivity contribution in [2.24, 2.45) is 0 Å². The third-order valence-corrected chi connectivity index (χ3v) is 6.09. The molecule has 1 aliphatic carbocycles. The standard InChI is InChI=1S/C23H23Cl2N3O/c1-2-13-27-21-10-6-5-9-20(21)26-22(27)15-28(17-7-3-4-8-17)23(29)18-12-11-16(24)14-19(18)25/h2,5-6,9-12,14,17H,1,3-4,7-8,13,15H2. The summed E-state index contributed by atoms with van der Waals surface area (Å²) in [6, 6.07) is 13.2. The lowest BCUT2D eigenvalue weighted by Crippen LogP contribution is -2.39. The van der Waals surface area contributed by atoms with Gasteiger partial charge in [-0.05, 0) is 43.2 Å². The van der Waals surface area contributed by atoms with Gasteiger partial charge in [0, 0.05) is 17.6 Å². The van der Waals surface area contributed by atoms with Gasteiger partial charge in [-0.25, -0.2) is 4.98 Å². The van der Waals surface area contributed by atoms with Crippen molar-refractivity contribution < 1.29 is 4.79 Å². The van der Waals surface area contributed by atoms with Crippen molar-refractivity contribution in [3.8, 4) is 0 Å². The van der Waals surface area contributed by atoms with Gasteiger partial charge >= 0.3 is 0 Å². The number of hydrogen-bond donors (Lipinski definition) is 0. The molecule has 0 saturated heterocycles. The summed E-state index contributed by atoms with van der Waals surface area (Å²) in [4.78, 5) is 20.2. The first-order chi connectivity index (χ1) is 14.1. The Bertz CT molecular complexity index is 1050. The Labute approximate surface area is 180 Å². The average Bonchev–Trinajstić information content (AvgIpc) is 3.34. The molecular formula is C23H23Cl2N3O. The molecule has 0 aliphatic heterocycles. The number of imidazole rings is 1. The number of para-hydroxylation sites is 2. The summed E-state index contributed by atoms with van der Waals surface area (Å²) in [5, 5.41) is 0.900. The minimum absolute atomic E-state index is 0.0734. The van der Waals surface area contributed by atoms with Crippen molar-refractivity contribution in [1.29, 1.82) is 0 Å². The van der Waals surface area contributed by atoms with Crippen molar-refractivity contribution in [3.05, 3.63) is 76.6 Å². The Morgan fingerprint density at radius 3 is 2.69 bits per heavy atom. The lowest BCUT2D eigenvalue weighted by atomic mass is 10.1. The van der Waals surface area contributed by atoms with Crippen LogP contribution in [0.3, 0.4) is 0 Å². The molecule has 3 aromatic rings. The number of allylic oxidation sites excluding steroid dienone is 1. The number of fused-ring (bicyclic) bond motifs is 1. The van der Waals surface area contributed by atoms with Crippen molar-refractivity contribution in [3.63, 3.8) is 0 Å². The molecule has 1 aromatic heterocycles. The van der Waals surface area contributed by atoms with E-state index in [-0.39, 0.29) is 11.9 Å². The maximum Gasteiger partial charge on any atom is 0.256 e. The van der Waals surface area contributed by atoms with Gasteiger partial charge in [0.15, 0.2) is 0 Å². The molecule has 1 aliphatic rings. The number of carbonyl (C=O) groups is 1. The fourth-order valence-corrected chi connectivity index (χ4v) is 4.62. The number of halogens is 2. The van der Waals surface area contributed by atoms with E-state index in [1.165, 1.54) is 0 Å². The third kappa shape index (κ3) is 4.05. The topological polar surface area (TPSA) is 38.1 Å². The Balaban J connectivity index is 1.73. The van der Waals surface area contributed by atoms with E-state index in [0.29, 0.717) is 28.7 Å². The maximum atomic E-state index is 13.5. The van der Waals surface area contributed by atoms with E-state index in [4.69, 9.17) is 28.2 Å². The van der Waals surface area contributed by atoms with Gasteiger partial charge in [0.25, 0.3) is 5.91 Å². The van der Waals surface area contributed by atoms with E-state index >= 15 is 0 Å². The average molecular weight is 428 g/mol. The van der Waals surface area contributed by atoms with Crippen LogP contribution in [0.5, 0.6) is 0 Å². The lowest BCUT2D eigenvalue weighted by molar-refractivity contribution is 0.0657. The van der Waals surface area contributed by atoms with Crippen LogP contribution in [0.1, 0.15) is 41.9 Å². The maximum absolute atomic E-state index is 13.5. The zero-order chi connectivity index (χ0) is 20.4. The fourth-order valence-electron chi connectivity index (χ4n) is 4.13. The number of carbonyl (C=O) groups excluding carboxylic acids is 1. The molecule has 0 atom stereocenters. The number of benzene rings is 2. The SMILES string of the molecule is C=CCn1c(CN(C(=O)c2ccc(Cl)cc2Cl)C2CCCC2)nc2ccccc21. The number of hydrogen-bond acceptors (Lipinski definition) is 2. The predicted molar refractivity (Wildman–Crippen MR) is 119 cm³/mol. The van der Waals surface area contributed by atoms with Gasteiger partial charge in [0.05, 0.1) is 28.2 Å². The van der Waals surface area contributed by atoms with Gasteiger partial charge in [-0.15, -0.1) is 6.58 Å². The van der Waals surface area contributed by atoms with Gasteiger partial charge < -0.3 is 9.47 Å². The molecule has 1 fully saturated rings. The van der Waals surface area contributed by atoms with Crippen molar-refractivity contribution >= 4 is 40.1 Å². The summed E-state index contributed by atoms with van der Waals surface area (Å²) in [5.74, 6) is 0.784. The van der Waals surface area contributed by atoms with Gasteiger partial charge in [-0.3, -0.25) is 4.79 Å². The van der Waals surface area contributed by atoms with Crippen LogP contribution in [0.25, 0.3) is 11.0 Å². The number of aromatic nitrogens is 2. The Morgan fingerprint density at radius 1 is 1.21 bits per heavy atom. The van der Waals surface area contributed by atoms with Crippen LogP contribution < -0.4 is 0 Å². The van der Waals surface area contributed by atoms with Gasteiger partial charge in [-0.1, -0.05) is 54.3 Å². The number of amides is 1. The quantitative estimate of drug-likeness (QED) is 0.444. The predicted octanol–water partition coefficient (Wildman–Crippen LogP) is 6.11. The van der Waals surface area contributed by atoms with E-state index in [9.17, 15) is 4.79 Å². The molecule has 0 N–H and O–H groups in total. The molecule has 4 nitrogen and oxygen atoms in total. The van der Waals surface area contributed by atoms with E-state index in [2.05, 4.69) is 11.1 Å². The van der Waals surface area contributed by atoms with Crippen molar-refractivity contribution in [2.75, 3.05) is 0 Å². The second kappa shape index (κ2) is 8.60. The van der Waals surface area contributed by atoms with E-state index in [0.717, 1.165) is 42.5 Å². The second-order valence-electron chi connectivity index (χ2n) is 7.41. The smallest absolute Gasteiger partial charge is 0.256 e. The highest BCUT2D eigenvalue weighted by molar-refractivity contribution is 6.36. The minimum Gasteiger partial charge on any atom is -0.328 e. The van der Waals surface area contributed by atoms with Gasteiger partial charge in [-0.2, -0.15) is 0 Å². The summed E-state index contributed by atoms with van der Waals surface area (Å²) in [5.41, 5.74) is 2.45. The molecule has 1 saturated carbocycles. The molecule has 0 unspecified atom stereocenters. The first-order valence-corrected chi connectivity index (χ1v) is 10.6. The molecular weight excluding hydrogens is 405 g/mol. The fraction of sp³-hybridized carbons (Fsp3) is 0.304. The van der Waals surface area contributed by atoms with Crippen molar-refractivity contribution in [2.45, 2.75) is 44.8 Å². The molecule has 0 bridgehead atoms. The summed E-state index contributed by atoms with van der Waals surface area (Å²) in [6.07, 6.45) is 6.12. The second-order valence-corrected chi connectivity index (χ2v) is 8.26. The largest absolute Gasteiger partial charge is 0.328 e. The van der Waals surface area contributed by atoms with Gasteiger partial charge in [0.1, 0.15) is 5.82 Å². The molecule has 4 rings (SSSR count). The molecule has 2 aromatic carbocycles. The van der Waals surface area contributed by atoms with Crippen molar-refractivity contribution in [1.82, 2.24) is 14.5 Å². The van der Waals surface area contributed by atoms with Crippen LogP contribution in [0.2, 0.25) is 10.0 Å². The van der Waals surface area contributed by atoms with E-state index in [1.54, 1.807) is 18.2 Å². The highest BCUT2D eigenvalue weighted by atomic mass is 35.5. The summed E-state index contributed by atoms with van der Waals surface area (Å²) < 4.78 is 2.13. The first kappa shape index (κ1) is 20.0. The zero-order valence-electron chi connectivity index (χ0n) is 16.2. The molecule has 0 radical (unpaired) electrons. The highest BCUT2D eigenvalue weighted by Gasteiger charge is 2.30. The van der Waals surface area contributed by atoms with E-state index in [1.807, 2.05) is 35.2 Å². The van der Waals surface area contributed by atoms with Crippen LogP contribution in [0.4, 0.5) is 0 Å². The van der Waals surface area contributed by atoms with Crippen LogP contribution in [0, 0.1) is 0 Å². The third-order valence-electron chi connectivity index (χ3n) is 5.54. The van der Waals surface area contributed by atoms with Crippen LogP contribution in [-0.2, 0) is 13.1 Å². The molecule has 6 heteroatoms. The monoisotopic (exact) mass is 427 g/mol. The lowest BCUT2D eigenvalue weighted by Gasteiger charge is -2.29. The number of rotatable bonds is 6.